The molecule has 1 aliphatic rings. The van der Waals surface area contributed by atoms with Crippen molar-refractivity contribution in [3.8, 4) is 0 Å². The minimum absolute atomic E-state index is 0.153. The van der Waals surface area contributed by atoms with Crippen molar-refractivity contribution >= 4 is 11.8 Å². The van der Waals surface area contributed by atoms with Crippen LogP contribution in [0.5, 0.6) is 0 Å². The predicted octanol–water partition coefficient (Wildman–Crippen LogP) is 4.03. The Balaban J connectivity index is 2.00. The van der Waals surface area contributed by atoms with Gasteiger partial charge in [-0.1, -0.05) is 67.1 Å². The molecule has 0 spiro atoms. The number of carbonyl (C=O) groups is 2. The summed E-state index contributed by atoms with van der Waals surface area (Å²) in [6, 6.07) is 18.7. The van der Waals surface area contributed by atoms with Gasteiger partial charge in [0.05, 0.1) is 6.04 Å². The van der Waals surface area contributed by atoms with Gasteiger partial charge in [-0.25, -0.2) is 0 Å². The Morgan fingerprint density at radius 3 is 2.04 bits per heavy atom. The Morgan fingerprint density at radius 1 is 0.885 bits per heavy atom. The quantitative estimate of drug-likeness (QED) is 0.582. The van der Waals surface area contributed by atoms with E-state index in [0.717, 1.165) is 31.5 Å². The number of hydrogen-bond acceptors (Lipinski definition) is 4. The van der Waals surface area contributed by atoms with Gasteiger partial charge < -0.3 is 4.74 Å². The summed E-state index contributed by atoms with van der Waals surface area (Å²) in [4.78, 5) is 27.3. The van der Waals surface area contributed by atoms with Crippen LogP contribution < -0.4 is 0 Å². The third-order valence-electron chi connectivity index (χ3n) is 4.82. The van der Waals surface area contributed by atoms with Gasteiger partial charge in [0, 0.05) is 12.5 Å². The summed E-state index contributed by atoms with van der Waals surface area (Å²) in [5.74, 6) is -0.586. The fourth-order valence-corrected chi connectivity index (χ4v) is 3.63. The van der Waals surface area contributed by atoms with Crippen LogP contribution in [0.3, 0.4) is 0 Å². The van der Waals surface area contributed by atoms with Crippen LogP contribution in [0.4, 0.5) is 0 Å². The Bertz CT molecular complexity index is 724. The molecule has 2 aromatic rings. The third kappa shape index (κ3) is 4.38. The second-order valence-electron chi connectivity index (χ2n) is 6.71. The largest absolute Gasteiger partial charge is 0.452 e. The zero-order valence-corrected chi connectivity index (χ0v) is 15.1. The van der Waals surface area contributed by atoms with E-state index in [0.29, 0.717) is 5.56 Å². The van der Waals surface area contributed by atoms with Gasteiger partial charge in [-0.2, -0.15) is 0 Å². The van der Waals surface area contributed by atoms with Crippen LogP contribution in [0.15, 0.2) is 60.7 Å². The Morgan fingerprint density at radius 2 is 1.46 bits per heavy atom. The number of hydrogen-bond donors (Lipinski definition) is 0. The van der Waals surface area contributed by atoms with Crippen molar-refractivity contribution in [2.24, 2.45) is 0 Å². The topological polar surface area (TPSA) is 46.6 Å². The smallest absolute Gasteiger partial charge is 0.303 e. The summed E-state index contributed by atoms with van der Waals surface area (Å²) in [6.45, 7) is 3.17. The zero-order valence-electron chi connectivity index (χ0n) is 15.1. The normalized spacial score (nSPS) is 17.3. The van der Waals surface area contributed by atoms with Gasteiger partial charge in [-0.3, -0.25) is 14.5 Å². The molecule has 0 aromatic heterocycles. The molecule has 26 heavy (non-hydrogen) atoms. The molecule has 4 nitrogen and oxygen atoms in total. The van der Waals surface area contributed by atoms with Gasteiger partial charge in [-0.15, -0.1) is 0 Å². The van der Waals surface area contributed by atoms with Gasteiger partial charge in [0.25, 0.3) is 0 Å². The summed E-state index contributed by atoms with van der Waals surface area (Å²) in [7, 11) is 0. The summed E-state index contributed by atoms with van der Waals surface area (Å²) in [6.07, 6.45) is 2.53. The third-order valence-corrected chi connectivity index (χ3v) is 4.82. The first kappa shape index (κ1) is 18.3. The number of likely N-dealkylation sites (tertiary alicyclic amines) is 1. The molecule has 2 aromatic carbocycles. The lowest BCUT2D eigenvalue weighted by Gasteiger charge is -2.38. The summed E-state index contributed by atoms with van der Waals surface area (Å²) in [5, 5.41) is 0. The second kappa shape index (κ2) is 8.77. The van der Waals surface area contributed by atoms with Crippen molar-refractivity contribution in [1.29, 1.82) is 0 Å². The zero-order chi connectivity index (χ0) is 18.4. The molecule has 136 valence electrons. The number of Topliss-reactive ketones (excluding diaryl/α,β-unsaturated/α-hetero) is 1. The van der Waals surface area contributed by atoms with Crippen molar-refractivity contribution in [2.45, 2.75) is 38.3 Å². The average molecular weight is 351 g/mol. The van der Waals surface area contributed by atoms with Crippen LogP contribution in [0.25, 0.3) is 0 Å². The fraction of sp³-hybridized carbons (Fsp3) is 0.364. The number of ketones is 1. The highest BCUT2D eigenvalue weighted by atomic mass is 16.5. The standard InChI is InChI=1S/C22H25NO3/c1-17(24)26-22(21(25)19-13-7-3-8-14-19)20(18-11-5-2-6-12-18)23-15-9-4-10-16-23/h2-3,5-8,11-14,20,22H,4,9-10,15-16H2,1H3/t20-,22+/m0/s1. The number of carbonyl (C=O) groups excluding carboxylic acids is 2. The highest BCUT2D eigenvalue weighted by molar-refractivity contribution is 6.01. The van der Waals surface area contributed by atoms with E-state index in [9.17, 15) is 9.59 Å². The molecule has 0 bridgehead atoms. The molecular weight excluding hydrogens is 326 g/mol. The lowest BCUT2D eigenvalue weighted by Crippen LogP contribution is -2.45. The number of esters is 1. The van der Waals surface area contributed by atoms with E-state index in [4.69, 9.17) is 4.74 Å². The minimum atomic E-state index is -0.851. The Labute approximate surface area is 154 Å². The minimum Gasteiger partial charge on any atom is -0.452 e. The number of ether oxygens (including phenoxy) is 1. The molecule has 1 saturated heterocycles. The highest BCUT2D eigenvalue weighted by Crippen LogP contribution is 2.31. The van der Waals surface area contributed by atoms with Crippen LogP contribution >= 0.6 is 0 Å². The van der Waals surface area contributed by atoms with Crippen LogP contribution in [0, 0.1) is 0 Å². The average Bonchev–Trinajstić information content (AvgIpc) is 2.69. The van der Waals surface area contributed by atoms with Crippen LogP contribution in [-0.4, -0.2) is 35.8 Å². The predicted molar refractivity (Wildman–Crippen MR) is 101 cm³/mol. The second-order valence-corrected chi connectivity index (χ2v) is 6.71. The summed E-state index contributed by atoms with van der Waals surface area (Å²) >= 11 is 0. The molecule has 0 radical (unpaired) electrons. The first-order valence-electron chi connectivity index (χ1n) is 9.22. The molecule has 2 atom stereocenters. The number of rotatable bonds is 6. The van der Waals surface area contributed by atoms with E-state index >= 15 is 0 Å². The molecule has 0 amide bonds. The van der Waals surface area contributed by atoms with Gasteiger partial charge in [0.2, 0.25) is 5.78 Å². The molecule has 1 fully saturated rings. The molecule has 0 N–H and O–H groups in total. The fourth-order valence-electron chi connectivity index (χ4n) is 3.63. The van der Waals surface area contributed by atoms with Crippen molar-refractivity contribution in [3.63, 3.8) is 0 Å². The maximum atomic E-state index is 13.2. The summed E-state index contributed by atoms with van der Waals surface area (Å²) in [5.41, 5.74) is 1.57. The van der Waals surface area contributed by atoms with E-state index in [1.165, 1.54) is 13.3 Å². The van der Waals surface area contributed by atoms with Crippen molar-refractivity contribution < 1.29 is 14.3 Å². The lowest BCUT2D eigenvalue weighted by atomic mass is 9.92. The van der Waals surface area contributed by atoms with Crippen molar-refractivity contribution in [1.82, 2.24) is 4.90 Å². The Hall–Kier alpha value is -2.46. The van der Waals surface area contributed by atoms with Gasteiger partial charge in [0.15, 0.2) is 6.10 Å². The number of benzene rings is 2. The van der Waals surface area contributed by atoms with E-state index in [1.54, 1.807) is 12.1 Å². The maximum Gasteiger partial charge on any atom is 0.303 e. The molecule has 1 heterocycles. The molecule has 3 rings (SSSR count). The van der Waals surface area contributed by atoms with Gasteiger partial charge >= 0.3 is 5.97 Å². The molecule has 4 heteroatoms. The number of piperidine rings is 1. The lowest BCUT2D eigenvalue weighted by molar-refractivity contribution is -0.147. The maximum absolute atomic E-state index is 13.2. The summed E-state index contributed by atoms with van der Waals surface area (Å²) < 4.78 is 5.61. The van der Waals surface area contributed by atoms with E-state index < -0.39 is 12.1 Å². The van der Waals surface area contributed by atoms with Crippen molar-refractivity contribution in [3.05, 3.63) is 71.8 Å². The SMILES string of the molecule is CC(=O)O[C@@H](C(=O)c1ccccc1)[C@H](c1ccccc1)N1CCCCC1. The van der Waals surface area contributed by atoms with Gasteiger partial charge in [0.1, 0.15) is 0 Å². The van der Waals surface area contributed by atoms with Crippen LogP contribution in [0.1, 0.15) is 48.1 Å². The highest BCUT2D eigenvalue weighted by Gasteiger charge is 2.37. The molecule has 0 aliphatic carbocycles. The van der Waals surface area contributed by atoms with E-state index in [1.807, 2.05) is 48.5 Å². The Kier molecular flexibility index (Phi) is 6.18. The molecule has 0 unspecified atom stereocenters. The monoisotopic (exact) mass is 351 g/mol. The van der Waals surface area contributed by atoms with Crippen molar-refractivity contribution in [2.75, 3.05) is 13.1 Å². The first-order valence-corrected chi connectivity index (χ1v) is 9.22. The van der Waals surface area contributed by atoms with E-state index in [2.05, 4.69) is 4.90 Å². The number of nitrogens with zero attached hydrogens (tertiary/aromatic N) is 1. The van der Waals surface area contributed by atoms with Gasteiger partial charge in [-0.05, 0) is 31.5 Å². The van der Waals surface area contributed by atoms with Crippen LogP contribution in [0.2, 0.25) is 0 Å². The molecule has 0 saturated carbocycles. The first-order chi connectivity index (χ1) is 12.7. The van der Waals surface area contributed by atoms with Crippen LogP contribution in [-0.2, 0) is 9.53 Å². The molecule has 1 aliphatic heterocycles. The molecular formula is C22H25NO3. The van der Waals surface area contributed by atoms with E-state index in [-0.39, 0.29) is 11.8 Å².